The first-order valence-electron chi connectivity index (χ1n) is 6.86. The molecule has 1 heterocycles. The van der Waals surface area contributed by atoms with Crippen LogP contribution in [0, 0.1) is 0 Å². The lowest BCUT2D eigenvalue weighted by Crippen LogP contribution is -2.50. The molecule has 0 spiro atoms. The highest BCUT2D eigenvalue weighted by Crippen LogP contribution is 2.14. The van der Waals surface area contributed by atoms with Gasteiger partial charge < -0.3 is 5.32 Å². The van der Waals surface area contributed by atoms with Gasteiger partial charge in [0.2, 0.25) is 0 Å². The van der Waals surface area contributed by atoms with Crippen molar-refractivity contribution in [2.45, 2.75) is 52.1 Å². The van der Waals surface area contributed by atoms with Gasteiger partial charge in [0.15, 0.2) is 0 Å². The van der Waals surface area contributed by atoms with Crippen LogP contribution in [0.1, 0.15) is 40.0 Å². The van der Waals surface area contributed by atoms with Crippen molar-refractivity contribution in [3.05, 3.63) is 0 Å². The van der Waals surface area contributed by atoms with Gasteiger partial charge in [-0.05, 0) is 33.2 Å². The first kappa shape index (κ1) is 15.9. The van der Waals surface area contributed by atoms with Gasteiger partial charge in [0, 0.05) is 32.2 Å². The normalized spacial score (nSPS) is 22.1. The summed E-state index contributed by atoms with van der Waals surface area (Å²) in [5.41, 5.74) is 0. The summed E-state index contributed by atoms with van der Waals surface area (Å²) in [5.74, 6) is 0. The first-order chi connectivity index (χ1) is 8.39. The van der Waals surface area contributed by atoms with Crippen LogP contribution in [0.15, 0.2) is 0 Å². The number of hydrogen-bond donors (Lipinski definition) is 1. The number of piperidine rings is 1. The molecule has 18 heavy (non-hydrogen) atoms. The second kappa shape index (κ2) is 6.84. The maximum atomic E-state index is 12.4. The molecule has 1 aliphatic heterocycles. The lowest BCUT2D eigenvalue weighted by atomic mass is 10.1. The Hall–Kier alpha value is -0.170. The van der Waals surface area contributed by atoms with E-state index < -0.39 is 10.2 Å². The van der Waals surface area contributed by atoms with E-state index in [1.54, 1.807) is 11.4 Å². The van der Waals surface area contributed by atoms with Crippen LogP contribution in [-0.4, -0.2) is 55.8 Å². The molecule has 1 unspecified atom stereocenters. The van der Waals surface area contributed by atoms with Gasteiger partial charge in [0.1, 0.15) is 0 Å². The molecule has 1 saturated heterocycles. The summed E-state index contributed by atoms with van der Waals surface area (Å²) in [6, 6.07) is 0.289. The van der Waals surface area contributed by atoms with E-state index in [0.717, 1.165) is 13.0 Å². The Balaban J connectivity index is 2.69. The molecule has 0 saturated carbocycles. The molecule has 1 atom stereocenters. The lowest BCUT2D eigenvalue weighted by Gasteiger charge is -2.33. The number of hydrogen-bond acceptors (Lipinski definition) is 3. The number of likely N-dealkylation sites (N-methyl/N-ethyl adjacent to an activating group) is 1. The van der Waals surface area contributed by atoms with Crippen LogP contribution in [0.25, 0.3) is 0 Å². The molecule has 5 nitrogen and oxygen atoms in total. The fraction of sp³-hybridized carbons (Fsp3) is 1.00. The van der Waals surface area contributed by atoms with E-state index in [9.17, 15) is 8.42 Å². The minimum atomic E-state index is -3.32. The molecular formula is C12H27N3O2S. The van der Waals surface area contributed by atoms with E-state index in [4.69, 9.17) is 0 Å². The molecule has 0 aromatic carbocycles. The van der Waals surface area contributed by atoms with Crippen molar-refractivity contribution in [2.24, 2.45) is 0 Å². The molecule has 0 aromatic heterocycles. The minimum absolute atomic E-state index is 0.0108. The van der Waals surface area contributed by atoms with Gasteiger partial charge in [-0.25, -0.2) is 0 Å². The quantitative estimate of drug-likeness (QED) is 0.789. The SMILES string of the molecule is CCN(CC1CCCCN1)S(=O)(=O)N(C)C(C)C. The predicted molar refractivity (Wildman–Crippen MR) is 74.7 cm³/mol. The second-order valence-corrected chi connectivity index (χ2v) is 7.20. The summed E-state index contributed by atoms with van der Waals surface area (Å²) in [7, 11) is -1.67. The van der Waals surface area contributed by atoms with Crippen molar-refractivity contribution in [1.29, 1.82) is 0 Å². The Morgan fingerprint density at radius 3 is 2.44 bits per heavy atom. The Bertz CT molecular complexity index is 337. The molecule has 1 aliphatic rings. The highest BCUT2D eigenvalue weighted by atomic mass is 32.2. The van der Waals surface area contributed by atoms with E-state index in [0.29, 0.717) is 19.1 Å². The molecule has 0 aromatic rings. The molecule has 0 amide bonds. The Labute approximate surface area is 112 Å². The summed E-state index contributed by atoms with van der Waals surface area (Å²) >= 11 is 0. The van der Waals surface area contributed by atoms with Crippen molar-refractivity contribution >= 4 is 10.2 Å². The van der Waals surface area contributed by atoms with Gasteiger partial charge in [-0.1, -0.05) is 13.3 Å². The van der Waals surface area contributed by atoms with Gasteiger partial charge >= 0.3 is 0 Å². The topological polar surface area (TPSA) is 52.7 Å². The van der Waals surface area contributed by atoms with Crippen LogP contribution < -0.4 is 5.32 Å². The summed E-state index contributed by atoms with van der Waals surface area (Å²) in [6.45, 7) is 7.79. The lowest BCUT2D eigenvalue weighted by molar-refractivity contribution is 0.293. The smallest absolute Gasteiger partial charge is 0.281 e. The largest absolute Gasteiger partial charge is 0.313 e. The monoisotopic (exact) mass is 277 g/mol. The Kier molecular flexibility index (Phi) is 6.04. The zero-order valence-electron chi connectivity index (χ0n) is 12.0. The van der Waals surface area contributed by atoms with Gasteiger partial charge in [0.05, 0.1) is 0 Å². The summed E-state index contributed by atoms with van der Waals surface area (Å²) in [4.78, 5) is 0. The van der Waals surface area contributed by atoms with Gasteiger partial charge in [-0.3, -0.25) is 0 Å². The molecule has 6 heteroatoms. The van der Waals surface area contributed by atoms with Crippen LogP contribution in [0.5, 0.6) is 0 Å². The standard InChI is InChI=1S/C12H27N3O2S/c1-5-15(10-12-8-6-7-9-13-12)18(16,17)14(4)11(2)3/h11-13H,5-10H2,1-4H3. The van der Waals surface area contributed by atoms with Crippen molar-refractivity contribution in [3.8, 4) is 0 Å². The molecular weight excluding hydrogens is 250 g/mol. The molecule has 1 N–H and O–H groups in total. The molecule has 108 valence electrons. The molecule has 0 aliphatic carbocycles. The van der Waals surface area contributed by atoms with E-state index in [1.807, 2.05) is 20.8 Å². The van der Waals surface area contributed by atoms with Gasteiger partial charge in [0.25, 0.3) is 10.2 Å². The van der Waals surface area contributed by atoms with Crippen LogP contribution in [0.3, 0.4) is 0 Å². The van der Waals surface area contributed by atoms with Crippen LogP contribution in [-0.2, 0) is 10.2 Å². The predicted octanol–water partition coefficient (Wildman–Crippen LogP) is 1.04. The molecule has 1 fully saturated rings. The zero-order chi connectivity index (χ0) is 13.8. The summed E-state index contributed by atoms with van der Waals surface area (Å²) in [6.07, 6.45) is 3.45. The van der Waals surface area contributed by atoms with Crippen molar-refractivity contribution in [3.63, 3.8) is 0 Å². The number of rotatable bonds is 6. The highest BCUT2D eigenvalue weighted by Gasteiger charge is 2.29. The van der Waals surface area contributed by atoms with Crippen LogP contribution in [0.2, 0.25) is 0 Å². The van der Waals surface area contributed by atoms with Crippen molar-refractivity contribution in [2.75, 3.05) is 26.7 Å². The van der Waals surface area contributed by atoms with E-state index >= 15 is 0 Å². The fourth-order valence-electron chi connectivity index (χ4n) is 2.16. The minimum Gasteiger partial charge on any atom is -0.313 e. The van der Waals surface area contributed by atoms with Gasteiger partial charge in [-0.2, -0.15) is 17.0 Å². The molecule has 0 radical (unpaired) electrons. The summed E-state index contributed by atoms with van der Waals surface area (Å²) in [5, 5.41) is 3.40. The van der Waals surface area contributed by atoms with Crippen LogP contribution in [0.4, 0.5) is 0 Å². The van der Waals surface area contributed by atoms with Gasteiger partial charge in [-0.15, -0.1) is 0 Å². The number of nitrogens with zero attached hydrogens (tertiary/aromatic N) is 2. The van der Waals surface area contributed by atoms with Crippen molar-refractivity contribution < 1.29 is 8.42 Å². The zero-order valence-corrected chi connectivity index (χ0v) is 12.8. The summed E-state index contributed by atoms with van der Waals surface area (Å²) < 4.78 is 27.8. The highest BCUT2D eigenvalue weighted by molar-refractivity contribution is 7.86. The Morgan fingerprint density at radius 2 is 2.00 bits per heavy atom. The first-order valence-corrected chi connectivity index (χ1v) is 8.25. The second-order valence-electron chi connectivity index (χ2n) is 5.22. The maximum Gasteiger partial charge on any atom is 0.281 e. The number of nitrogens with one attached hydrogen (secondary N) is 1. The van der Waals surface area contributed by atoms with Crippen LogP contribution >= 0.6 is 0 Å². The van der Waals surface area contributed by atoms with Crippen molar-refractivity contribution in [1.82, 2.24) is 13.9 Å². The van der Waals surface area contributed by atoms with E-state index in [2.05, 4.69) is 5.32 Å². The Morgan fingerprint density at radius 1 is 1.33 bits per heavy atom. The third-order valence-electron chi connectivity index (χ3n) is 3.61. The molecule has 1 rings (SSSR count). The van der Waals surface area contributed by atoms with E-state index in [1.165, 1.54) is 17.1 Å². The third kappa shape index (κ3) is 3.91. The van der Waals surface area contributed by atoms with E-state index in [-0.39, 0.29) is 6.04 Å². The average molecular weight is 277 g/mol. The maximum absolute atomic E-state index is 12.4. The fourth-order valence-corrected chi connectivity index (χ4v) is 3.75. The average Bonchev–Trinajstić information content (AvgIpc) is 2.35. The third-order valence-corrected chi connectivity index (χ3v) is 5.82. The molecule has 0 bridgehead atoms.